The molecule has 124 valence electrons. The zero-order valence-corrected chi connectivity index (χ0v) is 13.3. The van der Waals surface area contributed by atoms with Crippen LogP contribution in [0.5, 0.6) is 0 Å². The predicted molar refractivity (Wildman–Crippen MR) is 95.4 cm³/mol. The molecular weight excluding hydrogens is 316 g/mol. The number of imidazole rings is 1. The highest BCUT2D eigenvalue weighted by Crippen LogP contribution is 2.34. The summed E-state index contributed by atoms with van der Waals surface area (Å²) in [7, 11) is 0. The Morgan fingerprint density at radius 2 is 2.20 bits per heavy atom. The molecule has 0 fully saturated rings. The van der Waals surface area contributed by atoms with Crippen LogP contribution in [-0.2, 0) is 6.54 Å². The standard InChI is InChI=1S/C18H16N6O/c19-18-22-15(14-2-1-7-25-14)16-17(23-18)24(10-21-16)9-11-3-4-13-12(8-11)5-6-20-13/h1-8,10,15,20H,9H2,(H3,19,22,23). The van der Waals surface area contributed by atoms with Crippen LogP contribution in [0.2, 0.25) is 0 Å². The molecule has 7 heteroatoms. The first kappa shape index (κ1) is 13.9. The van der Waals surface area contributed by atoms with Crippen LogP contribution in [0.15, 0.2) is 64.6 Å². The Hall–Kier alpha value is -3.48. The molecule has 3 aromatic heterocycles. The summed E-state index contributed by atoms with van der Waals surface area (Å²) in [6, 6.07) is 11.8. The lowest BCUT2D eigenvalue weighted by Gasteiger charge is -2.20. The van der Waals surface area contributed by atoms with Gasteiger partial charge in [0.05, 0.1) is 19.1 Å². The van der Waals surface area contributed by atoms with Crippen molar-refractivity contribution in [1.82, 2.24) is 14.5 Å². The SMILES string of the molecule is NC1=NC(c2ccco2)c2ncn(Cc3ccc4[nH]ccc4c3)c2N1. The van der Waals surface area contributed by atoms with Crippen LogP contribution in [0.25, 0.3) is 10.9 Å². The van der Waals surface area contributed by atoms with Crippen molar-refractivity contribution in [3.8, 4) is 0 Å². The van der Waals surface area contributed by atoms with E-state index in [4.69, 9.17) is 10.2 Å². The van der Waals surface area contributed by atoms with Gasteiger partial charge in [0, 0.05) is 11.7 Å². The fraction of sp³-hybridized carbons (Fsp3) is 0.111. The molecule has 25 heavy (non-hydrogen) atoms. The average Bonchev–Trinajstić information content (AvgIpc) is 3.35. The first-order chi connectivity index (χ1) is 12.3. The number of hydrogen-bond acceptors (Lipinski definition) is 5. The van der Waals surface area contributed by atoms with Gasteiger partial charge in [-0.05, 0) is 41.3 Å². The van der Waals surface area contributed by atoms with Crippen molar-refractivity contribution in [2.45, 2.75) is 12.6 Å². The zero-order chi connectivity index (χ0) is 16.8. The van der Waals surface area contributed by atoms with E-state index in [9.17, 15) is 0 Å². The highest BCUT2D eigenvalue weighted by molar-refractivity contribution is 5.94. The van der Waals surface area contributed by atoms with Crippen LogP contribution in [0, 0.1) is 0 Å². The van der Waals surface area contributed by atoms with Crippen LogP contribution < -0.4 is 11.1 Å². The van der Waals surface area contributed by atoms with Gasteiger partial charge in [-0.25, -0.2) is 9.98 Å². The lowest BCUT2D eigenvalue weighted by Crippen LogP contribution is -2.29. The van der Waals surface area contributed by atoms with E-state index in [0.717, 1.165) is 22.8 Å². The first-order valence-electron chi connectivity index (χ1n) is 8.03. The number of rotatable bonds is 3. The molecular formula is C18H16N6O. The minimum atomic E-state index is -0.320. The molecule has 0 saturated carbocycles. The first-order valence-corrected chi connectivity index (χ1v) is 8.03. The fourth-order valence-corrected chi connectivity index (χ4v) is 3.25. The average molecular weight is 332 g/mol. The molecule has 7 nitrogen and oxygen atoms in total. The lowest BCUT2D eigenvalue weighted by atomic mass is 10.1. The third-order valence-electron chi connectivity index (χ3n) is 4.42. The molecule has 0 aliphatic carbocycles. The van der Waals surface area contributed by atoms with E-state index >= 15 is 0 Å². The quantitative estimate of drug-likeness (QED) is 0.537. The van der Waals surface area contributed by atoms with Gasteiger partial charge in [0.25, 0.3) is 0 Å². The van der Waals surface area contributed by atoms with E-state index in [2.05, 4.69) is 44.5 Å². The number of anilines is 1. The number of furan rings is 1. The van der Waals surface area contributed by atoms with Crippen LogP contribution in [0.1, 0.15) is 23.1 Å². The summed E-state index contributed by atoms with van der Waals surface area (Å²) in [6.45, 7) is 0.689. The maximum absolute atomic E-state index is 5.98. The minimum Gasteiger partial charge on any atom is -0.467 e. The van der Waals surface area contributed by atoms with Gasteiger partial charge < -0.3 is 25.0 Å². The Morgan fingerprint density at radius 1 is 1.24 bits per heavy atom. The van der Waals surface area contributed by atoms with Gasteiger partial charge in [-0.15, -0.1) is 0 Å². The number of nitrogens with one attached hydrogen (secondary N) is 2. The molecule has 1 aromatic carbocycles. The summed E-state index contributed by atoms with van der Waals surface area (Å²) in [5.74, 6) is 1.93. The molecule has 4 N–H and O–H groups in total. The van der Waals surface area contributed by atoms with Gasteiger partial charge in [0.1, 0.15) is 17.3 Å². The topological polar surface area (TPSA) is 97.2 Å². The van der Waals surface area contributed by atoms with E-state index in [1.54, 1.807) is 6.26 Å². The molecule has 0 spiro atoms. The van der Waals surface area contributed by atoms with Crippen LogP contribution >= 0.6 is 0 Å². The predicted octanol–water partition coefficient (Wildman–Crippen LogP) is 2.84. The number of fused-ring (bicyclic) bond motifs is 2. The summed E-state index contributed by atoms with van der Waals surface area (Å²) in [6.07, 6.45) is 5.38. The molecule has 0 saturated heterocycles. The number of H-pyrrole nitrogens is 1. The van der Waals surface area contributed by atoms with Gasteiger partial charge in [-0.2, -0.15) is 0 Å². The zero-order valence-electron chi connectivity index (χ0n) is 13.3. The second-order valence-corrected chi connectivity index (χ2v) is 6.06. The van der Waals surface area contributed by atoms with Crippen molar-refractivity contribution in [2.75, 3.05) is 5.32 Å². The Morgan fingerprint density at radius 3 is 3.08 bits per heavy atom. The Bertz CT molecular complexity index is 1070. The second-order valence-electron chi connectivity index (χ2n) is 6.06. The highest BCUT2D eigenvalue weighted by atomic mass is 16.3. The van der Waals surface area contributed by atoms with Crippen LogP contribution in [0.4, 0.5) is 5.82 Å². The number of nitrogens with two attached hydrogens (primary N) is 1. The monoisotopic (exact) mass is 332 g/mol. The van der Waals surface area contributed by atoms with Gasteiger partial charge in [0.2, 0.25) is 0 Å². The van der Waals surface area contributed by atoms with Crippen molar-refractivity contribution in [3.63, 3.8) is 0 Å². The normalized spacial score (nSPS) is 16.5. The van der Waals surface area contributed by atoms with Crippen LogP contribution in [0.3, 0.4) is 0 Å². The van der Waals surface area contributed by atoms with Gasteiger partial charge in [0.15, 0.2) is 12.0 Å². The maximum Gasteiger partial charge on any atom is 0.195 e. The summed E-state index contributed by atoms with van der Waals surface area (Å²) in [4.78, 5) is 12.2. The lowest BCUT2D eigenvalue weighted by molar-refractivity contribution is 0.487. The van der Waals surface area contributed by atoms with Crippen molar-refractivity contribution in [3.05, 3.63) is 72.2 Å². The second kappa shape index (κ2) is 5.27. The van der Waals surface area contributed by atoms with Crippen molar-refractivity contribution < 1.29 is 4.42 Å². The molecule has 1 aliphatic heterocycles. The highest BCUT2D eigenvalue weighted by Gasteiger charge is 2.28. The Labute approximate surface area is 143 Å². The summed E-state index contributed by atoms with van der Waals surface area (Å²) in [5.41, 5.74) is 9.11. The molecule has 1 aliphatic rings. The van der Waals surface area contributed by atoms with Crippen LogP contribution in [-0.4, -0.2) is 20.5 Å². The van der Waals surface area contributed by atoms with Crippen molar-refractivity contribution >= 4 is 22.7 Å². The molecule has 1 atom stereocenters. The molecule has 0 bridgehead atoms. The number of hydrogen-bond donors (Lipinski definition) is 3. The van der Waals surface area contributed by atoms with Gasteiger partial charge in [-0.1, -0.05) is 6.07 Å². The largest absolute Gasteiger partial charge is 0.467 e. The maximum atomic E-state index is 5.98. The van der Waals surface area contributed by atoms with E-state index in [0.29, 0.717) is 12.5 Å². The number of guanidine groups is 1. The molecule has 5 rings (SSSR count). The Kier molecular flexibility index (Phi) is 2.93. The summed E-state index contributed by atoms with van der Waals surface area (Å²) in [5, 5.41) is 4.32. The third-order valence-corrected chi connectivity index (χ3v) is 4.42. The van der Waals surface area contributed by atoms with Crippen molar-refractivity contribution in [2.24, 2.45) is 10.7 Å². The van der Waals surface area contributed by atoms with E-state index in [-0.39, 0.29) is 6.04 Å². The van der Waals surface area contributed by atoms with Gasteiger partial charge >= 0.3 is 0 Å². The number of aromatic amines is 1. The minimum absolute atomic E-state index is 0.320. The summed E-state index contributed by atoms with van der Waals surface area (Å²) >= 11 is 0. The third kappa shape index (κ3) is 2.28. The molecule has 0 radical (unpaired) electrons. The smallest absolute Gasteiger partial charge is 0.195 e. The molecule has 1 unspecified atom stereocenters. The number of aliphatic imine (C=N–C) groups is 1. The van der Waals surface area contributed by atoms with E-state index in [1.807, 2.05) is 29.2 Å². The molecule has 4 heterocycles. The van der Waals surface area contributed by atoms with E-state index in [1.165, 1.54) is 10.9 Å². The summed E-state index contributed by atoms with van der Waals surface area (Å²) < 4.78 is 7.54. The number of benzene rings is 1. The number of nitrogens with zero attached hydrogens (tertiary/aromatic N) is 3. The van der Waals surface area contributed by atoms with Gasteiger partial charge in [-0.3, -0.25) is 0 Å². The number of aromatic nitrogens is 3. The van der Waals surface area contributed by atoms with Crippen molar-refractivity contribution in [1.29, 1.82) is 0 Å². The molecule has 4 aromatic rings. The Balaban J connectivity index is 1.52. The fourth-order valence-electron chi connectivity index (χ4n) is 3.25. The molecule has 0 amide bonds. The van der Waals surface area contributed by atoms with E-state index < -0.39 is 0 Å².